The van der Waals surface area contributed by atoms with Crippen LogP contribution in [0.25, 0.3) is 0 Å². The van der Waals surface area contributed by atoms with E-state index < -0.39 is 10.0 Å². The van der Waals surface area contributed by atoms with Crippen LogP contribution in [0.15, 0.2) is 18.2 Å². The first-order valence-electron chi connectivity index (χ1n) is 8.00. The molecule has 1 unspecified atom stereocenters. The van der Waals surface area contributed by atoms with Crippen LogP contribution >= 0.6 is 12.4 Å². The van der Waals surface area contributed by atoms with E-state index in [1.165, 1.54) is 10.6 Å². The normalized spacial score (nSPS) is 21.0. The number of carbonyl (C=O) groups excluding carboxylic acids is 1. The van der Waals surface area contributed by atoms with Crippen molar-refractivity contribution in [1.82, 2.24) is 10.2 Å². The third-order valence-electron chi connectivity index (χ3n) is 4.56. The van der Waals surface area contributed by atoms with E-state index in [9.17, 15) is 13.2 Å². The fraction of sp³-hybridized carbons (Fsp3) is 0.562. The van der Waals surface area contributed by atoms with Crippen LogP contribution in [0.2, 0.25) is 0 Å². The van der Waals surface area contributed by atoms with Gasteiger partial charge in [-0.1, -0.05) is 0 Å². The molecular weight excluding hydrogens is 350 g/mol. The Balaban J connectivity index is 0.00000208. The number of rotatable bonds is 2. The summed E-state index contributed by atoms with van der Waals surface area (Å²) in [5, 5.41) is 3.28. The van der Waals surface area contributed by atoms with Crippen molar-refractivity contribution < 1.29 is 13.2 Å². The second-order valence-corrected chi connectivity index (χ2v) is 8.24. The van der Waals surface area contributed by atoms with Gasteiger partial charge in [0.15, 0.2) is 0 Å². The van der Waals surface area contributed by atoms with E-state index >= 15 is 0 Å². The Hall–Kier alpha value is -1.31. The first kappa shape index (κ1) is 19.0. The van der Waals surface area contributed by atoms with Gasteiger partial charge in [-0.3, -0.25) is 9.10 Å². The summed E-state index contributed by atoms with van der Waals surface area (Å²) in [5.41, 5.74) is 2.30. The number of benzene rings is 1. The van der Waals surface area contributed by atoms with Gasteiger partial charge in [0.25, 0.3) is 5.91 Å². The second kappa shape index (κ2) is 7.29. The number of halogens is 1. The lowest BCUT2D eigenvalue weighted by molar-refractivity contribution is 0.0655. The van der Waals surface area contributed by atoms with Gasteiger partial charge >= 0.3 is 0 Å². The van der Waals surface area contributed by atoms with E-state index in [0.29, 0.717) is 24.3 Å². The molecule has 0 bridgehead atoms. The number of hydrogen-bond donors (Lipinski definition) is 1. The van der Waals surface area contributed by atoms with Gasteiger partial charge in [0.1, 0.15) is 0 Å². The molecule has 0 aromatic heterocycles. The highest BCUT2D eigenvalue weighted by Crippen LogP contribution is 2.30. The van der Waals surface area contributed by atoms with Crippen molar-refractivity contribution >= 4 is 34.0 Å². The molecule has 1 atom stereocenters. The van der Waals surface area contributed by atoms with Crippen molar-refractivity contribution in [3.8, 4) is 0 Å². The number of anilines is 1. The van der Waals surface area contributed by atoms with Gasteiger partial charge in [-0.05, 0) is 43.5 Å². The molecule has 1 saturated heterocycles. The van der Waals surface area contributed by atoms with E-state index in [4.69, 9.17) is 0 Å². The number of carbonyl (C=O) groups is 1. The van der Waals surface area contributed by atoms with Crippen LogP contribution in [0.4, 0.5) is 5.69 Å². The highest BCUT2D eigenvalue weighted by atomic mass is 35.5. The number of nitrogens with zero attached hydrogens (tertiary/aromatic N) is 2. The standard InChI is InChI=1S/C16H23N3O3S.ClH/c1-12-11-17-7-9-18(12)16(20)14-5-6-15-13(10-14)4-3-8-19(15)23(2,21)22;/h5-6,10,12,17H,3-4,7-9,11H2,1-2H3;1H. The summed E-state index contributed by atoms with van der Waals surface area (Å²) in [6.45, 7) is 4.86. The first-order chi connectivity index (χ1) is 10.9. The first-order valence-corrected chi connectivity index (χ1v) is 9.85. The van der Waals surface area contributed by atoms with Crippen molar-refractivity contribution in [3.63, 3.8) is 0 Å². The Morgan fingerprint density at radius 3 is 2.71 bits per heavy atom. The molecule has 3 rings (SSSR count). The quantitative estimate of drug-likeness (QED) is 0.847. The van der Waals surface area contributed by atoms with E-state index in [2.05, 4.69) is 5.32 Å². The van der Waals surface area contributed by atoms with Gasteiger partial charge < -0.3 is 10.2 Å². The number of nitrogens with one attached hydrogen (secondary N) is 1. The SMILES string of the molecule is CC1CNCCN1C(=O)c1ccc2c(c1)CCCN2S(C)(=O)=O.Cl. The summed E-state index contributed by atoms with van der Waals surface area (Å²) in [5.74, 6) is 0.0262. The molecule has 1 fully saturated rings. The van der Waals surface area contributed by atoms with Crippen LogP contribution < -0.4 is 9.62 Å². The smallest absolute Gasteiger partial charge is 0.254 e. The Morgan fingerprint density at radius 2 is 2.04 bits per heavy atom. The summed E-state index contributed by atoms with van der Waals surface area (Å²) in [4.78, 5) is 14.6. The molecule has 6 nitrogen and oxygen atoms in total. The molecule has 2 heterocycles. The van der Waals surface area contributed by atoms with Gasteiger partial charge in [-0.2, -0.15) is 0 Å². The molecule has 134 valence electrons. The fourth-order valence-electron chi connectivity index (χ4n) is 3.35. The van der Waals surface area contributed by atoms with Crippen LogP contribution in [0.5, 0.6) is 0 Å². The number of fused-ring (bicyclic) bond motifs is 1. The summed E-state index contributed by atoms with van der Waals surface area (Å²) in [6, 6.07) is 5.55. The molecule has 1 N–H and O–H groups in total. The van der Waals surface area contributed by atoms with Gasteiger partial charge in [0.2, 0.25) is 10.0 Å². The van der Waals surface area contributed by atoms with E-state index in [1.54, 1.807) is 12.1 Å². The monoisotopic (exact) mass is 373 g/mol. The average Bonchev–Trinajstić information content (AvgIpc) is 2.52. The molecule has 0 saturated carbocycles. The second-order valence-electron chi connectivity index (χ2n) is 6.33. The molecule has 0 radical (unpaired) electrons. The lowest BCUT2D eigenvalue weighted by Gasteiger charge is -2.34. The summed E-state index contributed by atoms with van der Waals surface area (Å²) >= 11 is 0. The number of aryl methyl sites for hydroxylation is 1. The molecule has 1 aromatic carbocycles. The zero-order chi connectivity index (χ0) is 16.6. The zero-order valence-corrected chi connectivity index (χ0v) is 15.6. The number of piperazine rings is 1. The van der Waals surface area contributed by atoms with Crippen molar-refractivity contribution in [3.05, 3.63) is 29.3 Å². The molecule has 24 heavy (non-hydrogen) atoms. The van der Waals surface area contributed by atoms with Crippen molar-refractivity contribution in [1.29, 1.82) is 0 Å². The van der Waals surface area contributed by atoms with Gasteiger partial charge in [-0.15, -0.1) is 12.4 Å². The van der Waals surface area contributed by atoms with Crippen molar-refractivity contribution in [2.75, 3.05) is 36.7 Å². The van der Waals surface area contributed by atoms with Crippen LogP contribution in [0.1, 0.15) is 29.3 Å². The summed E-state index contributed by atoms with van der Waals surface area (Å²) in [7, 11) is -3.27. The topological polar surface area (TPSA) is 69.7 Å². The van der Waals surface area contributed by atoms with Crippen molar-refractivity contribution in [2.24, 2.45) is 0 Å². The Kier molecular flexibility index (Phi) is 5.78. The molecule has 1 aromatic rings. The van der Waals surface area contributed by atoms with Crippen molar-refractivity contribution in [2.45, 2.75) is 25.8 Å². The Labute approximate surface area is 149 Å². The number of sulfonamides is 1. The Bertz CT molecular complexity index is 723. The molecule has 2 aliphatic heterocycles. The lowest BCUT2D eigenvalue weighted by Crippen LogP contribution is -2.52. The van der Waals surface area contributed by atoms with Crippen LogP contribution in [0.3, 0.4) is 0 Å². The van der Waals surface area contributed by atoms with E-state index in [0.717, 1.165) is 31.5 Å². The average molecular weight is 374 g/mol. The number of hydrogen-bond acceptors (Lipinski definition) is 4. The fourth-order valence-corrected chi connectivity index (χ4v) is 4.34. The molecule has 0 spiro atoms. The lowest BCUT2D eigenvalue weighted by atomic mass is 10.00. The highest BCUT2D eigenvalue weighted by molar-refractivity contribution is 7.92. The predicted octanol–water partition coefficient (Wildman–Crippen LogP) is 1.25. The number of amides is 1. The van der Waals surface area contributed by atoms with E-state index in [1.807, 2.05) is 17.9 Å². The molecule has 0 aliphatic carbocycles. The van der Waals surface area contributed by atoms with Gasteiger partial charge in [0, 0.05) is 37.8 Å². The van der Waals surface area contributed by atoms with Crippen LogP contribution in [-0.2, 0) is 16.4 Å². The zero-order valence-electron chi connectivity index (χ0n) is 14.0. The minimum absolute atomic E-state index is 0. The molecule has 1 amide bonds. The highest BCUT2D eigenvalue weighted by Gasteiger charge is 2.27. The molecule has 2 aliphatic rings. The van der Waals surface area contributed by atoms with Gasteiger partial charge in [0.05, 0.1) is 11.9 Å². The minimum Gasteiger partial charge on any atom is -0.333 e. The maximum Gasteiger partial charge on any atom is 0.254 e. The molecular formula is C16H24ClN3O3S. The van der Waals surface area contributed by atoms with Crippen LogP contribution in [0, 0.1) is 0 Å². The largest absolute Gasteiger partial charge is 0.333 e. The third-order valence-corrected chi connectivity index (χ3v) is 5.74. The maximum absolute atomic E-state index is 12.7. The minimum atomic E-state index is -3.27. The Morgan fingerprint density at radius 1 is 1.29 bits per heavy atom. The molecule has 8 heteroatoms. The maximum atomic E-state index is 12.7. The third kappa shape index (κ3) is 3.68. The van der Waals surface area contributed by atoms with E-state index in [-0.39, 0.29) is 24.4 Å². The van der Waals surface area contributed by atoms with Crippen LogP contribution in [-0.4, -0.2) is 57.7 Å². The summed E-state index contributed by atoms with van der Waals surface area (Å²) < 4.78 is 25.2. The predicted molar refractivity (Wildman–Crippen MR) is 97.6 cm³/mol. The summed E-state index contributed by atoms with van der Waals surface area (Å²) in [6.07, 6.45) is 2.81. The van der Waals surface area contributed by atoms with Gasteiger partial charge in [-0.25, -0.2) is 8.42 Å².